The van der Waals surface area contributed by atoms with Crippen molar-refractivity contribution in [3.63, 3.8) is 0 Å². The van der Waals surface area contributed by atoms with Gasteiger partial charge in [0, 0.05) is 12.8 Å². The molecule has 0 fully saturated rings. The second kappa shape index (κ2) is 6.76. The molecule has 86 valence electrons. The Bertz CT molecular complexity index is 275. The molecule has 0 aliphatic carbocycles. The van der Waals surface area contributed by atoms with Crippen LogP contribution >= 0.6 is 11.3 Å². The third-order valence-corrected chi connectivity index (χ3v) is 2.89. The van der Waals surface area contributed by atoms with Gasteiger partial charge in [-0.1, -0.05) is 25.2 Å². The van der Waals surface area contributed by atoms with Crippen LogP contribution in [0.25, 0.3) is 0 Å². The maximum atomic E-state index is 5.53. The van der Waals surface area contributed by atoms with Crippen LogP contribution in [0.15, 0.2) is 6.20 Å². The van der Waals surface area contributed by atoms with E-state index in [1.807, 2.05) is 0 Å². The van der Waals surface area contributed by atoms with Gasteiger partial charge in [-0.2, -0.15) is 0 Å². The lowest BCUT2D eigenvalue weighted by Crippen LogP contribution is -2.05. The number of hydrogen-bond donors (Lipinski definition) is 2. The van der Waals surface area contributed by atoms with Crippen LogP contribution in [0.2, 0.25) is 0 Å². The molecule has 0 aliphatic rings. The first-order valence-electron chi connectivity index (χ1n) is 5.21. The summed E-state index contributed by atoms with van der Waals surface area (Å²) in [5, 5.41) is 0.732. The summed E-state index contributed by atoms with van der Waals surface area (Å²) in [7, 11) is 0. The average molecular weight is 229 g/mol. The Labute approximate surface area is 94.8 Å². The summed E-state index contributed by atoms with van der Waals surface area (Å²) < 4.78 is 5.53. The lowest BCUT2D eigenvalue weighted by molar-refractivity contribution is 0.117. The fraction of sp³-hybridized carbons (Fsp3) is 0.700. The highest BCUT2D eigenvalue weighted by atomic mass is 32.1. The van der Waals surface area contributed by atoms with Gasteiger partial charge >= 0.3 is 0 Å². The van der Waals surface area contributed by atoms with E-state index >= 15 is 0 Å². The van der Waals surface area contributed by atoms with Crippen molar-refractivity contribution in [2.75, 3.05) is 12.0 Å². The van der Waals surface area contributed by atoms with Gasteiger partial charge in [-0.25, -0.2) is 10.8 Å². The quantitative estimate of drug-likeness (QED) is 0.428. The highest BCUT2D eigenvalue weighted by Gasteiger charge is 2.00. The van der Waals surface area contributed by atoms with E-state index in [1.165, 1.54) is 17.8 Å². The number of nitrogens with zero attached hydrogens (tertiary/aromatic N) is 1. The molecule has 5 heteroatoms. The van der Waals surface area contributed by atoms with Gasteiger partial charge in [0.1, 0.15) is 0 Å². The van der Waals surface area contributed by atoms with Crippen molar-refractivity contribution in [3.8, 4) is 0 Å². The van der Waals surface area contributed by atoms with E-state index in [-0.39, 0.29) is 0 Å². The van der Waals surface area contributed by atoms with Gasteiger partial charge in [-0.05, 0) is 18.8 Å². The average Bonchev–Trinajstić information content (AvgIpc) is 2.65. The van der Waals surface area contributed by atoms with E-state index in [1.54, 1.807) is 6.20 Å². The van der Waals surface area contributed by atoms with Gasteiger partial charge < -0.3 is 4.74 Å². The molecule has 0 spiro atoms. The zero-order chi connectivity index (χ0) is 11.1. The van der Waals surface area contributed by atoms with Crippen molar-refractivity contribution in [2.24, 2.45) is 11.8 Å². The summed E-state index contributed by atoms with van der Waals surface area (Å²) in [5.74, 6) is 5.98. The molecule has 0 aromatic carbocycles. The summed E-state index contributed by atoms with van der Waals surface area (Å²) in [6, 6.07) is 0. The number of aromatic nitrogens is 1. The zero-order valence-corrected chi connectivity index (χ0v) is 10.1. The molecule has 0 unspecified atom stereocenters. The Balaban J connectivity index is 2.09. The molecule has 0 aliphatic heterocycles. The van der Waals surface area contributed by atoms with E-state index in [0.29, 0.717) is 6.61 Å². The predicted molar refractivity (Wildman–Crippen MR) is 63.7 cm³/mol. The van der Waals surface area contributed by atoms with Crippen LogP contribution in [-0.2, 0) is 11.3 Å². The van der Waals surface area contributed by atoms with Crippen LogP contribution in [0.1, 0.15) is 31.6 Å². The van der Waals surface area contributed by atoms with Crippen molar-refractivity contribution in [2.45, 2.75) is 33.3 Å². The maximum absolute atomic E-state index is 5.53. The highest BCUT2D eigenvalue weighted by molar-refractivity contribution is 7.15. The lowest BCUT2D eigenvalue weighted by Gasteiger charge is -2.04. The molecule has 4 nitrogen and oxygen atoms in total. The maximum Gasteiger partial charge on any atom is 0.197 e. The number of hydrogen-bond acceptors (Lipinski definition) is 5. The van der Waals surface area contributed by atoms with Gasteiger partial charge in [-0.3, -0.25) is 5.43 Å². The van der Waals surface area contributed by atoms with Crippen LogP contribution in [0, 0.1) is 5.92 Å². The molecule has 3 N–H and O–H groups in total. The topological polar surface area (TPSA) is 60.2 Å². The van der Waals surface area contributed by atoms with Crippen molar-refractivity contribution in [3.05, 3.63) is 11.1 Å². The number of rotatable bonds is 7. The van der Waals surface area contributed by atoms with Crippen molar-refractivity contribution in [1.29, 1.82) is 0 Å². The molecule has 15 heavy (non-hydrogen) atoms. The highest BCUT2D eigenvalue weighted by Crippen LogP contribution is 2.17. The molecule has 1 rings (SSSR count). The summed E-state index contributed by atoms with van der Waals surface area (Å²) in [5.41, 5.74) is 2.52. The molecule has 0 saturated carbocycles. The number of nitrogen functional groups attached to an aromatic ring is 1. The second-order valence-corrected chi connectivity index (χ2v) is 4.98. The first-order valence-corrected chi connectivity index (χ1v) is 6.03. The number of ether oxygens (including phenoxy) is 1. The molecule has 1 aromatic rings. The van der Waals surface area contributed by atoms with Gasteiger partial charge in [-0.15, -0.1) is 0 Å². The van der Waals surface area contributed by atoms with Gasteiger partial charge in [0.15, 0.2) is 5.13 Å². The van der Waals surface area contributed by atoms with Crippen molar-refractivity contribution >= 4 is 16.5 Å². The Morgan fingerprint density at radius 1 is 1.60 bits per heavy atom. The minimum Gasteiger partial charge on any atom is -0.376 e. The number of anilines is 1. The molecule has 0 bridgehead atoms. The van der Waals surface area contributed by atoms with Crippen LogP contribution in [0.5, 0.6) is 0 Å². The van der Waals surface area contributed by atoms with Crippen LogP contribution in [0.3, 0.4) is 0 Å². The minimum atomic E-state index is 0.636. The van der Waals surface area contributed by atoms with Crippen molar-refractivity contribution in [1.82, 2.24) is 4.98 Å². The first-order chi connectivity index (χ1) is 7.22. The molecule has 1 heterocycles. The van der Waals surface area contributed by atoms with E-state index < -0.39 is 0 Å². The first kappa shape index (κ1) is 12.4. The summed E-state index contributed by atoms with van der Waals surface area (Å²) in [4.78, 5) is 5.17. The normalized spacial score (nSPS) is 10.9. The van der Waals surface area contributed by atoms with E-state index in [0.717, 1.165) is 29.0 Å². The summed E-state index contributed by atoms with van der Waals surface area (Å²) >= 11 is 1.52. The molecule has 0 radical (unpaired) electrons. The Morgan fingerprint density at radius 2 is 2.40 bits per heavy atom. The summed E-state index contributed by atoms with van der Waals surface area (Å²) in [6.07, 6.45) is 4.14. The number of thiazole rings is 1. The Kier molecular flexibility index (Phi) is 5.60. The molecule has 0 atom stereocenters. The predicted octanol–water partition coefficient (Wildman–Crippen LogP) is 2.38. The van der Waals surface area contributed by atoms with E-state index in [4.69, 9.17) is 10.6 Å². The fourth-order valence-corrected chi connectivity index (χ4v) is 1.87. The molecular formula is C10H19N3OS. The standard InChI is InChI=1S/C10H19N3OS/c1-8(2)4-3-5-14-7-9-6-12-10(13-11)15-9/h6,8H,3-5,7,11H2,1-2H3,(H,12,13). The molecule has 0 saturated heterocycles. The molecule has 1 aromatic heterocycles. The third kappa shape index (κ3) is 5.11. The Morgan fingerprint density at radius 3 is 3.00 bits per heavy atom. The molecular weight excluding hydrogens is 210 g/mol. The van der Waals surface area contributed by atoms with Crippen LogP contribution in [0.4, 0.5) is 5.13 Å². The smallest absolute Gasteiger partial charge is 0.197 e. The van der Waals surface area contributed by atoms with E-state index in [2.05, 4.69) is 24.3 Å². The second-order valence-electron chi connectivity index (χ2n) is 3.86. The van der Waals surface area contributed by atoms with Gasteiger partial charge in [0.05, 0.1) is 11.5 Å². The Hall–Kier alpha value is -0.650. The van der Waals surface area contributed by atoms with Crippen LogP contribution in [-0.4, -0.2) is 11.6 Å². The fourth-order valence-electron chi connectivity index (χ4n) is 1.21. The van der Waals surface area contributed by atoms with Gasteiger partial charge in [0.25, 0.3) is 0 Å². The van der Waals surface area contributed by atoms with Gasteiger partial charge in [0.2, 0.25) is 0 Å². The summed E-state index contributed by atoms with van der Waals surface area (Å²) in [6.45, 7) is 5.91. The monoisotopic (exact) mass is 229 g/mol. The minimum absolute atomic E-state index is 0.636. The van der Waals surface area contributed by atoms with Crippen LogP contribution < -0.4 is 11.3 Å². The molecule has 0 amide bonds. The van der Waals surface area contributed by atoms with E-state index in [9.17, 15) is 0 Å². The number of nitrogens with one attached hydrogen (secondary N) is 1. The largest absolute Gasteiger partial charge is 0.376 e. The zero-order valence-electron chi connectivity index (χ0n) is 9.32. The lowest BCUT2D eigenvalue weighted by atomic mass is 10.1. The number of nitrogens with two attached hydrogens (primary N) is 1. The third-order valence-electron chi connectivity index (χ3n) is 1.99. The number of hydrazine groups is 1. The van der Waals surface area contributed by atoms with Crippen molar-refractivity contribution < 1.29 is 4.74 Å². The SMILES string of the molecule is CC(C)CCCOCc1cnc(NN)s1.